The van der Waals surface area contributed by atoms with Gasteiger partial charge in [0.25, 0.3) is 5.91 Å². The van der Waals surface area contributed by atoms with Crippen LogP contribution in [-0.4, -0.2) is 16.8 Å². The molecule has 2 N–H and O–H groups in total. The summed E-state index contributed by atoms with van der Waals surface area (Å²) in [6.07, 6.45) is 1.79. The lowest BCUT2D eigenvalue weighted by Crippen LogP contribution is -2.27. The summed E-state index contributed by atoms with van der Waals surface area (Å²) >= 11 is 1.21. The molecule has 3 aromatic rings. The number of halogens is 2. The number of hydrogen-bond donors (Lipinski definition) is 2. The second-order valence-electron chi connectivity index (χ2n) is 7.78. The Bertz CT molecular complexity index is 1090. The molecule has 0 atom stereocenters. The van der Waals surface area contributed by atoms with Crippen LogP contribution in [0.2, 0.25) is 0 Å². The zero-order valence-corrected chi connectivity index (χ0v) is 17.6. The minimum absolute atomic E-state index is 0.155. The summed E-state index contributed by atoms with van der Waals surface area (Å²) in [4.78, 5) is 29.6. The Hall–Kier alpha value is -3.13. The maximum Gasteiger partial charge on any atom is 0.257 e. The molecule has 0 fully saturated rings. The Morgan fingerprint density at radius 2 is 1.83 bits per heavy atom. The molecule has 2 aromatic carbocycles. The molecule has 0 radical (unpaired) electrons. The normalized spacial score (nSPS) is 11.2. The number of nitrogens with zero attached hydrogens (tertiary/aromatic N) is 1. The highest BCUT2D eigenvalue weighted by Crippen LogP contribution is 2.24. The van der Waals surface area contributed by atoms with Gasteiger partial charge in [-0.1, -0.05) is 32.9 Å². The second-order valence-corrected chi connectivity index (χ2v) is 8.90. The van der Waals surface area contributed by atoms with Gasteiger partial charge in [0.1, 0.15) is 11.6 Å². The predicted molar refractivity (Wildman–Crippen MR) is 114 cm³/mol. The van der Waals surface area contributed by atoms with Gasteiger partial charge in [-0.2, -0.15) is 0 Å². The van der Waals surface area contributed by atoms with Gasteiger partial charge in [-0.15, -0.1) is 11.3 Å². The van der Waals surface area contributed by atoms with E-state index in [2.05, 4.69) is 15.6 Å². The molecule has 0 aliphatic heterocycles. The fraction of sp³-hybridized carbons (Fsp3) is 0.227. The molecule has 0 spiro atoms. The molecule has 0 saturated carbocycles. The predicted octanol–water partition coefficient (Wildman–Crippen LogP) is 5.25. The fourth-order valence-electron chi connectivity index (χ4n) is 2.53. The van der Waals surface area contributed by atoms with Crippen molar-refractivity contribution in [3.63, 3.8) is 0 Å². The van der Waals surface area contributed by atoms with Gasteiger partial charge in [0.15, 0.2) is 5.13 Å². The molecule has 156 valence electrons. The van der Waals surface area contributed by atoms with Gasteiger partial charge in [0.2, 0.25) is 5.91 Å². The molecular weight excluding hydrogens is 408 g/mol. The highest BCUT2D eigenvalue weighted by atomic mass is 32.1. The van der Waals surface area contributed by atoms with Crippen LogP contribution in [0.15, 0.2) is 48.7 Å². The summed E-state index contributed by atoms with van der Waals surface area (Å²) in [5.74, 6) is -1.79. The number of nitrogens with one attached hydrogen (secondary N) is 2. The fourth-order valence-corrected chi connectivity index (χ4v) is 3.36. The number of hydrogen-bond acceptors (Lipinski definition) is 4. The molecule has 30 heavy (non-hydrogen) atoms. The van der Waals surface area contributed by atoms with Crippen LogP contribution < -0.4 is 10.6 Å². The molecule has 5 nitrogen and oxygen atoms in total. The number of amides is 2. The SMILES string of the molecule is CC(C)(C)C(=O)Nc1cccc(C(=O)Nc2ncc(Cc3ccc(F)cc3F)s2)c1. The third kappa shape index (κ3) is 5.48. The molecule has 3 rings (SSSR count). The lowest BCUT2D eigenvalue weighted by atomic mass is 9.95. The van der Waals surface area contributed by atoms with Crippen LogP contribution in [0, 0.1) is 17.0 Å². The van der Waals surface area contributed by atoms with Crippen molar-refractivity contribution in [3.8, 4) is 0 Å². The van der Waals surface area contributed by atoms with Crippen molar-refractivity contribution in [2.45, 2.75) is 27.2 Å². The van der Waals surface area contributed by atoms with E-state index in [9.17, 15) is 18.4 Å². The Labute approximate surface area is 177 Å². The smallest absolute Gasteiger partial charge is 0.257 e. The minimum atomic E-state index is -0.630. The summed E-state index contributed by atoms with van der Waals surface area (Å²) in [6.45, 7) is 5.41. The van der Waals surface area contributed by atoms with E-state index in [1.807, 2.05) is 0 Å². The largest absolute Gasteiger partial charge is 0.326 e. The molecule has 1 aromatic heterocycles. The molecule has 1 heterocycles. The standard InChI is InChI=1S/C22H21F2N3O2S/c1-22(2,3)20(29)26-16-6-4-5-14(9-16)19(28)27-21-25-12-17(30-21)10-13-7-8-15(23)11-18(13)24/h4-9,11-12H,10H2,1-3H3,(H,26,29)(H,25,27,28). The number of carbonyl (C=O) groups excluding carboxylic acids is 2. The van der Waals surface area contributed by atoms with Gasteiger partial charge in [0.05, 0.1) is 0 Å². The van der Waals surface area contributed by atoms with Crippen LogP contribution in [0.5, 0.6) is 0 Å². The summed E-state index contributed by atoms with van der Waals surface area (Å²) < 4.78 is 26.9. The Morgan fingerprint density at radius 3 is 2.53 bits per heavy atom. The third-order valence-corrected chi connectivity index (χ3v) is 5.13. The molecule has 0 aliphatic carbocycles. The first-order valence-electron chi connectivity index (χ1n) is 9.23. The first kappa shape index (κ1) is 21.6. The van der Waals surface area contributed by atoms with Crippen molar-refractivity contribution in [3.05, 3.63) is 76.3 Å². The van der Waals surface area contributed by atoms with E-state index < -0.39 is 17.0 Å². The maximum absolute atomic E-state index is 13.8. The van der Waals surface area contributed by atoms with E-state index in [1.54, 1.807) is 51.2 Å². The van der Waals surface area contributed by atoms with Crippen LogP contribution in [0.1, 0.15) is 41.6 Å². The van der Waals surface area contributed by atoms with Crippen LogP contribution in [0.25, 0.3) is 0 Å². The number of anilines is 2. The van der Waals surface area contributed by atoms with Crippen LogP contribution in [0.3, 0.4) is 0 Å². The monoisotopic (exact) mass is 429 g/mol. The van der Waals surface area contributed by atoms with E-state index in [4.69, 9.17) is 0 Å². The molecule has 0 unspecified atom stereocenters. The highest BCUT2D eigenvalue weighted by molar-refractivity contribution is 7.15. The van der Waals surface area contributed by atoms with E-state index in [0.29, 0.717) is 21.9 Å². The van der Waals surface area contributed by atoms with Crippen molar-refractivity contribution in [2.75, 3.05) is 10.6 Å². The lowest BCUT2D eigenvalue weighted by molar-refractivity contribution is -0.123. The Balaban J connectivity index is 1.67. The van der Waals surface area contributed by atoms with E-state index in [1.165, 1.54) is 23.5 Å². The van der Waals surface area contributed by atoms with Gasteiger partial charge in [-0.3, -0.25) is 14.9 Å². The second kappa shape index (κ2) is 8.71. The molecule has 0 bridgehead atoms. The number of carbonyl (C=O) groups is 2. The number of aromatic nitrogens is 1. The molecule has 0 saturated heterocycles. The van der Waals surface area contributed by atoms with Crippen molar-refractivity contribution < 1.29 is 18.4 Å². The van der Waals surface area contributed by atoms with Crippen LogP contribution >= 0.6 is 11.3 Å². The van der Waals surface area contributed by atoms with Crippen LogP contribution in [-0.2, 0) is 11.2 Å². The third-order valence-electron chi connectivity index (χ3n) is 4.22. The van der Waals surface area contributed by atoms with Gasteiger partial charge in [0, 0.05) is 40.2 Å². The van der Waals surface area contributed by atoms with Crippen molar-refractivity contribution >= 4 is 34.0 Å². The molecule has 8 heteroatoms. The quantitative estimate of drug-likeness (QED) is 0.582. The highest BCUT2D eigenvalue weighted by Gasteiger charge is 2.21. The van der Waals surface area contributed by atoms with E-state index in [-0.39, 0.29) is 18.2 Å². The summed E-state index contributed by atoms with van der Waals surface area (Å²) in [6, 6.07) is 10.0. The minimum Gasteiger partial charge on any atom is -0.326 e. The van der Waals surface area contributed by atoms with Crippen molar-refractivity contribution in [1.29, 1.82) is 0 Å². The van der Waals surface area contributed by atoms with Crippen LogP contribution in [0.4, 0.5) is 19.6 Å². The maximum atomic E-state index is 13.8. The number of benzene rings is 2. The summed E-state index contributed by atoms with van der Waals surface area (Å²) in [7, 11) is 0. The molecule has 2 amide bonds. The van der Waals surface area contributed by atoms with Gasteiger partial charge in [-0.25, -0.2) is 13.8 Å². The topological polar surface area (TPSA) is 71.1 Å². The summed E-state index contributed by atoms with van der Waals surface area (Å²) in [5, 5.41) is 5.85. The Kier molecular flexibility index (Phi) is 6.26. The lowest BCUT2D eigenvalue weighted by Gasteiger charge is -2.17. The number of rotatable bonds is 5. The van der Waals surface area contributed by atoms with Gasteiger partial charge < -0.3 is 5.32 Å². The first-order chi connectivity index (χ1) is 14.1. The van der Waals surface area contributed by atoms with Crippen molar-refractivity contribution in [1.82, 2.24) is 4.98 Å². The first-order valence-corrected chi connectivity index (χ1v) is 10.0. The average molecular weight is 429 g/mol. The van der Waals surface area contributed by atoms with Gasteiger partial charge >= 0.3 is 0 Å². The Morgan fingerprint density at radius 1 is 1.07 bits per heavy atom. The van der Waals surface area contributed by atoms with Gasteiger partial charge in [-0.05, 0) is 29.8 Å². The average Bonchev–Trinajstić information content (AvgIpc) is 3.10. The van der Waals surface area contributed by atoms with E-state index in [0.717, 1.165) is 10.9 Å². The number of thiazole rings is 1. The molecular formula is C22H21F2N3O2S. The van der Waals surface area contributed by atoms with E-state index >= 15 is 0 Å². The zero-order chi connectivity index (χ0) is 21.9. The summed E-state index contributed by atoms with van der Waals surface area (Å²) in [5.41, 5.74) is 0.678. The van der Waals surface area contributed by atoms with Crippen molar-refractivity contribution in [2.24, 2.45) is 5.41 Å². The molecule has 0 aliphatic rings. The zero-order valence-electron chi connectivity index (χ0n) is 16.8.